The summed E-state index contributed by atoms with van der Waals surface area (Å²) in [5.41, 5.74) is 1.84. The molecule has 1 saturated heterocycles. The molecule has 0 aromatic rings. The number of ether oxygens (including phenoxy) is 1. The van der Waals surface area contributed by atoms with Gasteiger partial charge in [0.05, 0.1) is 11.9 Å². The molecule has 3 N–H and O–H groups in total. The maximum Gasteiger partial charge on any atom is 0.225 e. The van der Waals surface area contributed by atoms with Crippen molar-refractivity contribution in [1.82, 2.24) is 20.7 Å². The first-order chi connectivity index (χ1) is 8.20. The number of hydrogen-bond acceptors (Lipinski definition) is 6. The summed E-state index contributed by atoms with van der Waals surface area (Å²) in [4.78, 5) is 5.00. The summed E-state index contributed by atoms with van der Waals surface area (Å²) in [5.74, 6) is 0.666. The Morgan fingerprint density at radius 3 is 3.18 bits per heavy atom. The number of guanidine groups is 1. The quantitative estimate of drug-likeness (QED) is 0.613. The van der Waals surface area contributed by atoms with Crippen LogP contribution in [0.3, 0.4) is 0 Å². The lowest BCUT2D eigenvalue weighted by Gasteiger charge is -2.36. The van der Waals surface area contributed by atoms with Gasteiger partial charge in [-0.05, 0) is 6.92 Å². The summed E-state index contributed by atoms with van der Waals surface area (Å²) in [6, 6.07) is 0. The summed E-state index contributed by atoms with van der Waals surface area (Å²) in [6.07, 6.45) is 2.01. The zero-order valence-corrected chi connectivity index (χ0v) is 10.7. The van der Waals surface area contributed by atoms with Gasteiger partial charge in [0.25, 0.3) is 0 Å². The van der Waals surface area contributed by atoms with E-state index in [2.05, 4.69) is 17.3 Å². The van der Waals surface area contributed by atoms with Gasteiger partial charge >= 0.3 is 0 Å². The van der Waals surface area contributed by atoms with Crippen LogP contribution in [0.5, 0.6) is 0 Å². The summed E-state index contributed by atoms with van der Waals surface area (Å²) in [7, 11) is 1.86. The fourth-order valence-corrected chi connectivity index (χ4v) is 2.70. The van der Waals surface area contributed by atoms with Gasteiger partial charge in [0.1, 0.15) is 13.5 Å². The van der Waals surface area contributed by atoms with Crippen LogP contribution in [0, 0.1) is 0 Å². The van der Waals surface area contributed by atoms with Gasteiger partial charge in [0.2, 0.25) is 5.96 Å². The van der Waals surface area contributed by atoms with Gasteiger partial charge in [-0.15, -0.1) is 16.9 Å². The number of hydrazone groups is 1. The van der Waals surface area contributed by atoms with Crippen LogP contribution in [-0.4, -0.2) is 53.4 Å². The second-order valence-corrected chi connectivity index (χ2v) is 5.37. The molecule has 0 spiro atoms. The van der Waals surface area contributed by atoms with Crippen LogP contribution in [-0.2, 0) is 4.74 Å². The monoisotopic (exact) mass is 259 g/mol. The van der Waals surface area contributed by atoms with Crippen molar-refractivity contribution in [2.45, 2.75) is 12.3 Å². The van der Waals surface area contributed by atoms with Gasteiger partial charge in [0.15, 0.2) is 0 Å². The lowest BCUT2D eigenvalue weighted by Crippen LogP contribution is -2.50. The van der Waals surface area contributed by atoms with Crippen LogP contribution >= 0.6 is 11.8 Å². The Labute approximate surface area is 104 Å². The normalized spacial score (nSPS) is 27.1. The van der Waals surface area contributed by atoms with Gasteiger partial charge in [-0.25, -0.2) is 0 Å². The fraction of sp³-hybridized carbons (Fsp3) is 0.667. The van der Waals surface area contributed by atoms with Crippen LogP contribution in [0.4, 0.5) is 0 Å². The van der Waals surface area contributed by atoms with Crippen LogP contribution in [0.25, 0.3) is 0 Å². The summed E-state index contributed by atoms with van der Waals surface area (Å²) in [5, 5.41) is 16.2. The number of thioether (sulfide) groups is 1. The molecule has 7 nitrogen and oxygen atoms in total. The molecule has 1 unspecified atom stereocenters. The third kappa shape index (κ3) is 2.96. The molecular weight excluding hydrogens is 242 g/mol. The van der Waals surface area contributed by atoms with Crippen LogP contribution in [0.1, 0.15) is 6.92 Å². The SMILES string of the molecule is CC1NC=C(CN2COCN(C)C2=NNO)S1. The zero-order valence-electron chi connectivity index (χ0n) is 9.88. The van der Waals surface area contributed by atoms with Gasteiger partial charge < -0.3 is 19.9 Å². The molecule has 0 radical (unpaired) electrons. The molecule has 2 aliphatic rings. The van der Waals surface area contributed by atoms with E-state index in [0.29, 0.717) is 31.3 Å². The first-order valence-electron chi connectivity index (χ1n) is 5.33. The van der Waals surface area contributed by atoms with Crippen molar-refractivity contribution >= 4 is 17.7 Å². The number of nitrogens with zero attached hydrogens (tertiary/aromatic N) is 3. The van der Waals surface area contributed by atoms with Crippen molar-refractivity contribution in [3.63, 3.8) is 0 Å². The Bertz CT molecular complexity index is 335. The van der Waals surface area contributed by atoms with Crippen molar-refractivity contribution in [1.29, 1.82) is 0 Å². The van der Waals surface area contributed by atoms with Crippen molar-refractivity contribution in [2.24, 2.45) is 5.10 Å². The predicted molar refractivity (Wildman–Crippen MR) is 65.9 cm³/mol. The second-order valence-electron chi connectivity index (χ2n) is 3.91. The third-order valence-corrected chi connectivity index (χ3v) is 3.50. The molecule has 2 aliphatic heterocycles. The molecular formula is C9H17N5O2S. The van der Waals surface area contributed by atoms with E-state index in [1.54, 1.807) is 11.8 Å². The van der Waals surface area contributed by atoms with E-state index in [1.165, 1.54) is 4.91 Å². The highest BCUT2D eigenvalue weighted by Crippen LogP contribution is 2.26. The topological polar surface area (TPSA) is 72.4 Å². The highest BCUT2D eigenvalue weighted by molar-refractivity contribution is 8.03. The van der Waals surface area contributed by atoms with Gasteiger partial charge in [-0.2, -0.15) is 5.59 Å². The first-order valence-corrected chi connectivity index (χ1v) is 6.21. The molecule has 8 heteroatoms. The minimum atomic E-state index is 0.407. The van der Waals surface area contributed by atoms with E-state index < -0.39 is 0 Å². The van der Waals surface area contributed by atoms with E-state index in [0.717, 1.165) is 0 Å². The van der Waals surface area contributed by atoms with Crippen molar-refractivity contribution < 1.29 is 9.94 Å². The molecule has 17 heavy (non-hydrogen) atoms. The molecule has 0 aliphatic carbocycles. The van der Waals surface area contributed by atoms with Crippen LogP contribution in [0.15, 0.2) is 16.2 Å². The largest absolute Gasteiger partial charge is 0.378 e. The molecule has 1 atom stereocenters. The van der Waals surface area contributed by atoms with Crippen LogP contribution < -0.4 is 10.9 Å². The molecule has 0 saturated carbocycles. The Balaban J connectivity index is 2.00. The average molecular weight is 259 g/mol. The average Bonchev–Trinajstić information content (AvgIpc) is 2.69. The smallest absolute Gasteiger partial charge is 0.225 e. The molecule has 2 rings (SSSR count). The maximum absolute atomic E-state index is 8.69. The minimum Gasteiger partial charge on any atom is -0.378 e. The van der Waals surface area contributed by atoms with Gasteiger partial charge in [-0.1, -0.05) is 0 Å². The van der Waals surface area contributed by atoms with Gasteiger partial charge in [-0.3, -0.25) is 5.21 Å². The molecule has 2 heterocycles. The summed E-state index contributed by atoms with van der Waals surface area (Å²) < 4.78 is 5.41. The highest BCUT2D eigenvalue weighted by Gasteiger charge is 2.24. The molecule has 0 aromatic carbocycles. The summed E-state index contributed by atoms with van der Waals surface area (Å²) >= 11 is 1.78. The minimum absolute atomic E-state index is 0.407. The zero-order chi connectivity index (χ0) is 12.3. The number of rotatable bonds is 3. The molecule has 0 amide bonds. The number of hydrogen-bond donors (Lipinski definition) is 3. The van der Waals surface area contributed by atoms with Crippen molar-refractivity contribution in [3.8, 4) is 0 Å². The van der Waals surface area contributed by atoms with Crippen molar-refractivity contribution in [2.75, 3.05) is 27.1 Å². The first kappa shape index (κ1) is 12.3. The molecule has 96 valence electrons. The Morgan fingerprint density at radius 2 is 2.53 bits per heavy atom. The predicted octanol–water partition coefficient (Wildman–Crippen LogP) is -0.0610. The van der Waals surface area contributed by atoms with E-state index in [4.69, 9.17) is 9.94 Å². The van der Waals surface area contributed by atoms with E-state index in [1.807, 2.05) is 28.6 Å². The van der Waals surface area contributed by atoms with E-state index >= 15 is 0 Å². The lowest BCUT2D eigenvalue weighted by atomic mass is 10.5. The second kappa shape index (κ2) is 5.48. The van der Waals surface area contributed by atoms with Gasteiger partial charge in [0, 0.05) is 18.2 Å². The Morgan fingerprint density at radius 1 is 1.71 bits per heavy atom. The van der Waals surface area contributed by atoms with Crippen molar-refractivity contribution in [3.05, 3.63) is 11.1 Å². The fourth-order valence-electron chi connectivity index (χ4n) is 1.74. The van der Waals surface area contributed by atoms with E-state index in [-0.39, 0.29) is 0 Å². The molecule has 0 aromatic heterocycles. The highest BCUT2D eigenvalue weighted by atomic mass is 32.2. The summed E-state index contributed by atoms with van der Waals surface area (Å²) in [6.45, 7) is 3.76. The lowest BCUT2D eigenvalue weighted by molar-refractivity contribution is -0.0166. The number of nitrogens with one attached hydrogen (secondary N) is 2. The Kier molecular flexibility index (Phi) is 3.97. The molecule has 1 fully saturated rings. The van der Waals surface area contributed by atoms with E-state index in [9.17, 15) is 0 Å². The van der Waals surface area contributed by atoms with Crippen LogP contribution in [0.2, 0.25) is 0 Å². The molecule has 0 bridgehead atoms. The maximum atomic E-state index is 8.69. The third-order valence-electron chi connectivity index (χ3n) is 2.46. The Hall–Kier alpha value is -1.12. The standard InChI is InChI=1S/C9H17N5O2S/c1-7-10-3-8(17-7)4-14-6-16-5-13(2)9(14)11-12-15/h3,7,10,12,15H,4-6H2,1-2H3.